The predicted molar refractivity (Wildman–Crippen MR) is 97.5 cm³/mol. The van der Waals surface area contributed by atoms with Crippen LogP contribution in [0.2, 0.25) is 0 Å². The van der Waals surface area contributed by atoms with Gasteiger partial charge in [0, 0.05) is 12.6 Å². The first-order valence-corrected chi connectivity index (χ1v) is 9.06. The van der Waals surface area contributed by atoms with Crippen LogP contribution in [0.4, 0.5) is 0 Å². The van der Waals surface area contributed by atoms with Crippen molar-refractivity contribution >= 4 is 39.1 Å². The second-order valence-corrected chi connectivity index (χ2v) is 7.47. The van der Waals surface area contributed by atoms with Gasteiger partial charge in [-0.25, -0.2) is 4.98 Å². The van der Waals surface area contributed by atoms with E-state index in [0.29, 0.717) is 26.7 Å². The lowest BCUT2D eigenvalue weighted by atomic mass is 10.1. The summed E-state index contributed by atoms with van der Waals surface area (Å²) in [4.78, 5) is 29.4. The molecule has 0 bridgehead atoms. The van der Waals surface area contributed by atoms with Crippen LogP contribution < -0.4 is 10.3 Å². The molecule has 0 saturated heterocycles. The average Bonchev–Trinajstić information content (AvgIpc) is 3.07. The number of Topliss-reactive ketones (excluding diaryl/α,β-unsaturated/α-hetero) is 1. The molecule has 0 aliphatic rings. The van der Waals surface area contributed by atoms with Crippen molar-refractivity contribution in [3.05, 3.63) is 51.6 Å². The molecular formula is C17H16N2O3S2. The molecule has 5 nitrogen and oxygen atoms in total. The van der Waals surface area contributed by atoms with Crippen LogP contribution in [0.25, 0.3) is 10.2 Å². The van der Waals surface area contributed by atoms with E-state index in [1.54, 1.807) is 38.4 Å². The second kappa shape index (κ2) is 6.78. The first kappa shape index (κ1) is 16.7. The Morgan fingerprint density at radius 1 is 1.29 bits per heavy atom. The fourth-order valence-corrected chi connectivity index (χ4v) is 4.03. The Morgan fingerprint density at radius 2 is 2.00 bits per heavy atom. The van der Waals surface area contributed by atoms with Crippen molar-refractivity contribution in [3.8, 4) is 5.75 Å². The summed E-state index contributed by atoms with van der Waals surface area (Å²) >= 11 is 2.67. The molecule has 3 aromatic rings. The third-order valence-corrected chi connectivity index (χ3v) is 5.71. The highest BCUT2D eigenvalue weighted by molar-refractivity contribution is 8.00. The topological polar surface area (TPSA) is 61.2 Å². The Labute approximate surface area is 147 Å². The summed E-state index contributed by atoms with van der Waals surface area (Å²) in [6, 6.07) is 8.83. The van der Waals surface area contributed by atoms with Gasteiger partial charge >= 0.3 is 0 Å². The number of nitrogens with zero attached hydrogens (tertiary/aromatic N) is 2. The molecule has 3 rings (SSSR count). The molecule has 0 aliphatic heterocycles. The van der Waals surface area contributed by atoms with Gasteiger partial charge in [0.05, 0.1) is 17.9 Å². The van der Waals surface area contributed by atoms with Gasteiger partial charge in [-0.05, 0) is 42.6 Å². The number of ketones is 1. The lowest BCUT2D eigenvalue weighted by Gasteiger charge is -2.12. The highest BCUT2D eigenvalue weighted by atomic mass is 32.2. The minimum Gasteiger partial charge on any atom is -0.497 e. The zero-order chi connectivity index (χ0) is 17.3. The van der Waals surface area contributed by atoms with Gasteiger partial charge < -0.3 is 4.74 Å². The van der Waals surface area contributed by atoms with Crippen molar-refractivity contribution in [2.75, 3.05) is 7.11 Å². The summed E-state index contributed by atoms with van der Waals surface area (Å²) < 4.78 is 7.24. The molecule has 1 atom stereocenters. The number of carbonyl (C=O) groups excluding carboxylic acids is 1. The number of hydrogen-bond donors (Lipinski definition) is 0. The summed E-state index contributed by atoms with van der Waals surface area (Å²) in [6.45, 7) is 1.82. The zero-order valence-electron chi connectivity index (χ0n) is 13.5. The van der Waals surface area contributed by atoms with E-state index in [1.807, 2.05) is 18.4 Å². The number of ether oxygens (including phenoxy) is 1. The van der Waals surface area contributed by atoms with E-state index in [4.69, 9.17) is 4.74 Å². The molecule has 0 amide bonds. The Bertz CT molecular complexity index is 945. The molecule has 124 valence electrons. The quantitative estimate of drug-likeness (QED) is 0.397. The summed E-state index contributed by atoms with van der Waals surface area (Å²) in [5.41, 5.74) is 1.20. The van der Waals surface area contributed by atoms with E-state index >= 15 is 0 Å². The highest BCUT2D eigenvalue weighted by Gasteiger charge is 2.20. The molecule has 0 saturated carbocycles. The lowest BCUT2D eigenvalue weighted by molar-refractivity contribution is 0.0994. The number of aromatic nitrogens is 2. The normalized spacial score (nSPS) is 12.3. The number of benzene rings is 1. The zero-order valence-corrected chi connectivity index (χ0v) is 15.1. The van der Waals surface area contributed by atoms with E-state index in [-0.39, 0.29) is 16.6 Å². The fourth-order valence-electron chi connectivity index (χ4n) is 2.27. The van der Waals surface area contributed by atoms with Crippen LogP contribution in [0.1, 0.15) is 17.3 Å². The van der Waals surface area contributed by atoms with Crippen molar-refractivity contribution in [1.82, 2.24) is 9.55 Å². The van der Waals surface area contributed by atoms with Crippen molar-refractivity contribution in [1.29, 1.82) is 0 Å². The SMILES string of the molecule is COc1ccc(C(=O)C(C)Sc2nc3ccsc3c(=O)n2C)cc1. The number of hydrogen-bond acceptors (Lipinski definition) is 6. The van der Waals surface area contributed by atoms with Gasteiger partial charge in [0.1, 0.15) is 10.4 Å². The van der Waals surface area contributed by atoms with Crippen LogP contribution in [0.3, 0.4) is 0 Å². The van der Waals surface area contributed by atoms with Crippen molar-refractivity contribution in [2.45, 2.75) is 17.3 Å². The predicted octanol–water partition coefficient (Wildman–Crippen LogP) is 3.37. The van der Waals surface area contributed by atoms with Gasteiger partial charge in [-0.1, -0.05) is 11.8 Å². The number of methoxy groups -OCH3 is 1. The molecule has 7 heteroatoms. The van der Waals surface area contributed by atoms with E-state index < -0.39 is 0 Å². The van der Waals surface area contributed by atoms with Gasteiger partial charge in [-0.3, -0.25) is 14.2 Å². The third-order valence-electron chi connectivity index (χ3n) is 3.67. The molecule has 0 N–H and O–H groups in total. The summed E-state index contributed by atoms with van der Waals surface area (Å²) in [6.07, 6.45) is 0. The largest absolute Gasteiger partial charge is 0.497 e. The lowest BCUT2D eigenvalue weighted by Crippen LogP contribution is -2.21. The van der Waals surface area contributed by atoms with Crippen LogP contribution in [-0.2, 0) is 7.05 Å². The van der Waals surface area contributed by atoms with E-state index in [1.165, 1.54) is 27.7 Å². The monoisotopic (exact) mass is 360 g/mol. The maximum Gasteiger partial charge on any atom is 0.271 e. The van der Waals surface area contributed by atoms with Gasteiger partial charge in [-0.15, -0.1) is 11.3 Å². The van der Waals surface area contributed by atoms with Crippen molar-refractivity contribution in [2.24, 2.45) is 7.05 Å². The standard InChI is InChI=1S/C17H16N2O3S2/c1-10(14(20)11-4-6-12(22-3)7-5-11)24-17-18-13-8-9-23-15(13)16(21)19(17)2/h4-10H,1-3H3. The molecule has 0 fully saturated rings. The third kappa shape index (κ3) is 3.09. The molecule has 0 aliphatic carbocycles. The maximum atomic E-state index is 12.6. The van der Waals surface area contributed by atoms with Crippen LogP contribution in [-0.4, -0.2) is 27.7 Å². The molecule has 0 spiro atoms. The molecule has 1 unspecified atom stereocenters. The van der Waals surface area contributed by atoms with Crippen LogP contribution in [0, 0.1) is 0 Å². The Kier molecular flexibility index (Phi) is 4.73. The number of fused-ring (bicyclic) bond motifs is 1. The van der Waals surface area contributed by atoms with E-state index in [9.17, 15) is 9.59 Å². The summed E-state index contributed by atoms with van der Waals surface area (Å²) in [7, 11) is 3.27. The summed E-state index contributed by atoms with van der Waals surface area (Å²) in [5, 5.41) is 2.03. The van der Waals surface area contributed by atoms with Crippen LogP contribution in [0.5, 0.6) is 5.75 Å². The number of carbonyl (C=O) groups is 1. The molecule has 2 heterocycles. The minimum atomic E-state index is -0.354. The first-order chi connectivity index (χ1) is 11.5. The van der Waals surface area contributed by atoms with Crippen LogP contribution >= 0.6 is 23.1 Å². The number of thiophene rings is 1. The minimum absolute atomic E-state index is 0.0117. The summed E-state index contributed by atoms with van der Waals surface area (Å²) in [5.74, 6) is 0.696. The highest BCUT2D eigenvalue weighted by Crippen LogP contribution is 2.26. The molecular weight excluding hydrogens is 344 g/mol. The van der Waals surface area contributed by atoms with Gasteiger partial charge in [0.25, 0.3) is 5.56 Å². The number of rotatable bonds is 5. The molecule has 2 aromatic heterocycles. The van der Waals surface area contributed by atoms with E-state index in [0.717, 1.165) is 0 Å². The van der Waals surface area contributed by atoms with Gasteiger partial charge in [0.2, 0.25) is 0 Å². The van der Waals surface area contributed by atoms with Crippen molar-refractivity contribution in [3.63, 3.8) is 0 Å². The fraction of sp³-hybridized carbons (Fsp3) is 0.235. The Morgan fingerprint density at radius 3 is 2.67 bits per heavy atom. The maximum absolute atomic E-state index is 12.6. The van der Waals surface area contributed by atoms with Gasteiger partial charge in [0.15, 0.2) is 10.9 Å². The Balaban J connectivity index is 1.85. The average molecular weight is 360 g/mol. The smallest absolute Gasteiger partial charge is 0.271 e. The van der Waals surface area contributed by atoms with Crippen molar-refractivity contribution < 1.29 is 9.53 Å². The first-order valence-electron chi connectivity index (χ1n) is 7.30. The van der Waals surface area contributed by atoms with Gasteiger partial charge in [-0.2, -0.15) is 0 Å². The number of thioether (sulfide) groups is 1. The molecule has 1 aromatic carbocycles. The van der Waals surface area contributed by atoms with E-state index in [2.05, 4.69) is 4.98 Å². The van der Waals surface area contributed by atoms with Crippen LogP contribution in [0.15, 0.2) is 45.7 Å². The second-order valence-electron chi connectivity index (χ2n) is 5.25. The Hall–Kier alpha value is -2.12. The molecule has 0 radical (unpaired) electrons. The molecule has 24 heavy (non-hydrogen) atoms.